The third-order valence-corrected chi connectivity index (χ3v) is 6.02. The number of fused-ring (bicyclic) bond motifs is 1. The van der Waals surface area contributed by atoms with Crippen LogP contribution in [-0.4, -0.2) is 31.1 Å². The van der Waals surface area contributed by atoms with E-state index in [1.54, 1.807) is 42.5 Å². The van der Waals surface area contributed by atoms with E-state index < -0.39 is 23.4 Å². The van der Waals surface area contributed by atoms with Crippen molar-refractivity contribution < 1.29 is 19.1 Å². The van der Waals surface area contributed by atoms with Crippen molar-refractivity contribution in [3.8, 4) is 6.07 Å². The minimum absolute atomic E-state index is 0.0179. The molecular weight excluding hydrogens is 472 g/mol. The van der Waals surface area contributed by atoms with Crippen LogP contribution in [-0.2, 0) is 19.1 Å². The molecule has 3 aromatic rings. The van der Waals surface area contributed by atoms with E-state index in [4.69, 9.17) is 26.8 Å². The number of benzene rings is 2. The fourth-order valence-corrected chi connectivity index (χ4v) is 4.35. The number of aromatic amines is 1. The molecule has 1 atom stereocenters. The maximum Gasteiger partial charge on any atom is 0.355 e. The Hall–Kier alpha value is -4.55. The van der Waals surface area contributed by atoms with Gasteiger partial charge in [-0.15, -0.1) is 0 Å². The van der Waals surface area contributed by atoms with E-state index in [9.17, 15) is 19.6 Å². The van der Waals surface area contributed by atoms with E-state index >= 15 is 0 Å². The normalized spacial score (nSPS) is 15.7. The van der Waals surface area contributed by atoms with Gasteiger partial charge in [0, 0.05) is 17.3 Å². The van der Waals surface area contributed by atoms with Crippen molar-refractivity contribution >= 4 is 40.0 Å². The number of hydrogen-bond acceptors (Lipinski definition) is 8. The molecule has 1 unspecified atom stereocenters. The average molecular weight is 491 g/mol. The molecule has 2 aromatic carbocycles. The minimum Gasteiger partial charge on any atom is -0.466 e. The summed E-state index contributed by atoms with van der Waals surface area (Å²) in [7, 11) is 2.33. The molecule has 35 heavy (non-hydrogen) atoms. The van der Waals surface area contributed by atoms with Gasteiger partial charge in [0.2, 0.25) is 0 Å². The second kappa shape index (κ2) is 9.37. The largest absolute Gasteiger partial charge is 0.466 e. The summed E-state index contributed by atoms with van der Waals surface area (Å²) in [5.74, 6) is -2.82. The summed E-state index contributed by atoms with van der Waals surface area (Å²) in [6.07, 6.45) is 1.37. The third-order valence-electron chi connectivity index (χ3n) is 5.70. The molecule has 0 aliphatic carbocycles. The molecule has 4 rings (SSSR count). The Morgan fingerprint density at radius 2 is 1.77 bits per heavy atom. The Morgan fingerprint density at radius 1 is 1.09 bits per heavy atom. The van der Waals surface area contributed by atoms with Crippen molar-refractivity contribution in [3.63, 3.8) is 0 Å². The zero-order valence-corrected chi connectivity index (χ0v) is 19.4. The summed E-state index contributed by atoms with van der Waals surface area (Å²) in [5, 5.41) is 11.1. The van der Waals surface area contributed by atoms with Crippen molar-refractivity contribution in [2.75, 3.05) is 19.1 Å². The molecular formula is C25H19ClN4O5. The Morgan fingerprint density at radius 3 is 2.40 bits per heavy atom. The number of nitrogens with two attached hydrogens (primary N) is 1. The lowest BCUT2D eigenvalue weighted by molar-refractivity contribution is -0.139. The van der Waals surface area contributed by atoms with Gasteiger partial charge in [-0.05, 0) is 17.7 Å². The van der Waals surface area contributed by atoms with Gasteiger partial charge < -0.3 is 20.2 Å². The van der Waals surface area contributed by atoms with Crippen LogP contribution in [0.15, 0.2) is 82.2 Å². The Balaban J connectivity index is 2.09. The topological polar surface area (TPSA) is 139 Å². The third kappa shape index (κ3) is 3.90. The predicted molar refractivity (Wildman–Crippen MR) is 129 cm³/mol. The number of allylic oxidation sites excluding steroid dienone is 1. The zero-order valence-electron chi connectivity index (χ0n) is 18.7. The van der Waals surface area contributed by atoms with E-state index in [1.807, 2.05) is 0 Å². The van der Waals surface area contributed by atoms with Gasteiger partial charge in [0.15, 0.2) is 0 Å². The monoisotopic (exact) mass is 490 g/mol. The first kappa shape index (κ1) is 23.6. The molecule has 0 bridgehead atoms. The highest BCUT2D eigenvalue weighted by Crippen LogP contribution is 2.43. The van der Waals surface area contributed by atoms with Crippen molar-refractivity contribution in [2.24, 2.45) is 5.73 Å². The Labute approximate surface area is 204 Å². The van der Waals surface area contributed by atoms with Gasteiger partial charge in [-0.1, -0.05) is 48.0 Å². The van der Waals surface area contributed by atoms with Crippen LogP contribution >= 0.6 is 11.6 Å². The van der Waals surface area contributed by atoms with Gasteiger partial charge in [0.25, 0.3) is 5.56 Å². The van der Waals surface area contributed by atoms with E-state index in [-0.39, 0.29) is 33.7 Å². The van der Waals surface area contributed by atoms with Crippen LogP contribution in [0.3, 0.4) is 0 Å². The highest BCUT2D eigenvalue weighted by atomic mass is 35.5. The van der Waals surface area contributed by atoms with Crippen LogP contribution in [0.2, 0.25) is 5.02 Å². The fourth-order valence-electron chi connectivity index (χ4n) is 4.13. The molecule has 0 fully saturated rings. The summed E-state index contributed by atoms with van der Waals surface area (Å²) < 4.78 is 10.0. The molecule has 0 saturated carbocycles. The maximum atomic E-state index is 13.1. The molecule has 1 aliphatic rings. The number of aromatic nitrogens is 1. The molecule has 3 N–H and O–H groups in total. The molecule has 1 aromatic heterocycles. The molecule has 1 aliphatic heterocycles. The van der Waals surface area contributed by atoms with Gasteiger partial charge in [-0.3, -0.25) is 9.69 Å². The van der Waals surface area contributed by atoms with Crippen molar-refractivity contribution in [3.05, 3.63) is 98.3 Å². The molecule has 0 radical (unpaired) electrons. The SMILES string of the molecule is COC(=O)C1=C(C(=O)OC)N(c2ccc3c(Cl)c[nH]c(=O)c3c2)C(N)=C(C#N)C1c1ccccc1. The Bertz CT molecular complexity index is 1520. The number of pyridine rings is 1. The van der Waals surface area contributed by atoms with Gasteiger partial charge in [0.1, 0.15) is 11.5 Å². The van der Waals surface area contributed by atoms with Crippen LogP contribution in [0.1, 0.15) is 11.5 Å². The Kier molecular flexibility index (Phi) is 6.32. The van der Waals surface area contributed by atoms with Gasteiger partial charge >= 0.3 is 11.9 Å². The molecule has 2 heterocycles. The number of nitrogens with zero attached hydrogens (tertiary/aromatic N) is 2. The quantitative estimate of drug-likeness (QED) is 0.532. The highest BCUT2D eigenvalue weighted by Gasteiger charge is 2.43. The second-order valence-corrected chi connectivity index (χ2v) is 7.94. The summed E-state index contributed by atoms with van der Waals surface area (Å²) in [6.45, 7) is 0. The first-order valence-corrected chi connectivity index (χ1v) is 10.7. The molecule has 10 heteroatoms. The van der Waals surface area contributed by atoms with Crippen LogP contribution in [0.5, 0.6) is 0 Å². The number of rotatable bonds is 4. The smallest absolute Gasteiger partial charge is 0.355 e. The van der Waals surface area contributed by atoms with Crippen molar-refractivity contribution in [1.29, 1.82) is 5.26 Å². The van der Waals surface area contributed by atoms with Crippen LogP contribution in [0, 0.1) is 11.3 Å². The van der Waals surface area contributed by atoms with E-state index in [1.165, 1.54) is 24.3 Å². The lowest BCUT2D eigenvalue weighted by Gasteiger charge is -2.36. The molecule has 9 nitrogen and oxygen atoms in total. The number of ether oxygens (including phenoxy) is 2. The number of halogens is 1. The fraction of sp³-hybridized carbons (Fsp3) is 0.120. The van der Waals surface area contributed by atoms with E-state index in [0.717, 1.165) is 7.11 Å². The second-order valence-electron chi connectivity index (χ2n) is 7.53. The first-order chi connectivity index (χ1) is 16.8. The number of H-pyrrole nitrogens is 1. The lowest BCUT2D eigenvalue weighted by atomic mass is 9.81. The number of methoxy groups -OCH3 is 2. The van der Waals surface area contributed by atoms with Crippen molar-refractivity contribution in [1.82, 2.24) is 4.98 Å². The zero-order chi connectivity index (χ0) is 25.3. The summed E-state index contributed by atoms with van der Waals surface area (Å²) in [6, 6.07) is 15.3. The van der Waals surface area contributed by atoms with Crippen LogP contribution in [0.4, 0.5) is 5.69 Å². The average Bonchev–Trinajstić information content (AvgIpc) is 2.89. The lowest BCUT2D eigenvalue weighted by Crippen LogP contribution is -2.40. The van der Waals surface area contributed by atoms with E-state index in [2.05, 4.69) is 11.1 Å². The molecule has 176 valence electrons. The molecule has 0 amide bonds. The van der Waals surface area contributed by atoms with Gasteiger partial charge in [-0.2, -0.15) is 5.26 Å². The molecule has 0 saturated heterocycles. The number of anilines is 1. The maximum absolute atomic E-state index is 13.1. The van der Waals surface area contributed by atoms with Crippen molar-refractivity contribution in [2.45, 2.75) is 5.92 Å². The number of carbonyl (C=O) groups is 2. The van der Waals surface area contributed by atoms with Gasteiger partial charge in [-0.25, -0.2) is 9.59 Å². The number of nitriles is 1. The molecule has 0 spiro atoms. The van der Waals surface area contributed by atoms with Gasteiger partial charge in [0.05, 0.1) is 47.8 Å². The van der Waals surface area contributed by atoms with Crippen LogP contribution in [0.25, 0.3) is 10.8 Å². The highest BCUT2D eigenvalue weighted by molar-refractivity contribution is 6.35. The standard InChI is InChI=1S/C25H19ClN4O5/c1-34-24(32)20-19(13-6-4-3-5-7-13)17(11-27)22(28)30(21(20)25(33)35-2)14-8-9-15-16(10-14)23(31)29-12-18(15)26/h3-10,12,19H,28H2,1-2H3,(H,29,31). The number of nitrogens with one attached hydrogen (secondary N) is 1. The predicted octanol–water partition coefficient (Wildman–Crippen LogP) is 3.08. The van der Waals surface area contributed by atoms with Crippen LogP contribution < -0.4 is 16.2 Å². The summed E-state index contributed by atoms with van der Waals surface area (Å²) in [4.78, 5) is 42.4. The first-order valence-electron chi connectivity index (χ1n) is 10.3. The number of hydrogen-bond donors (Lipinski definition) is 2. The summed E-state index contributed by atoms with van der Waals surface area (Å²) >= 11 is 6.21. The number of carbonyl (C=O) groups excluding carboxylic acids is 2. The number of esters is 2. The summed E-state index contributed by atoms with van der Waals surface area (Å²) in [5.41, 5.74) is 6.49. The minimum atomic E-state index is -0.989. The van der Waals surface area contributed by atoms with E-state index in [0.29, 0.717) is 16.0 Å².